The molecule has 4 nitrogen and oxygen atoms in total. The Hall–Kier alpha value is -1.61. The molecule has 8 heteroatoms. The number of hydrogen-bond donors (Lipinski definition) is 2. The maximum absolute atomic E-state index is 12.2. The predicted octanol–water partition coefficient (Wildman–Crippen LogP) is 4.99. The topological polar surface area (TPSA) is 50.4 Å². The summed E-state index contributed by atoms with van der Waals surface area (Å²) in [6, 6.07) is 11.2. The second-order valence-corrected chi connectivity index (χ2v) is 6.54. The van der Waals surface area contributed by atoms with Crippen LogP contribution >= 0.6 is 34.2 Å². The van der Waals surface area contributed by atoms with Crippen LogP contribution in [0.5, 0.6) is 5.75 Å². The summed E-state index contributed by atoms with van der Waals surface area (Å²) in [6.45, 7) is -1.25. The van der Waals surface area contributed by atoms with Crippen molar-refractivity contribution < 1.29 is 18.3 Å². The monoisotopic (exact) mass is 466 g/mol. The molecule has 0 saturated carbocycles. The molecule has 128 valence electrons. The Balaban J connectivity index is 1.98. The first-order chi connectivity index (χ1) is 11.3. The summed E-state index contributed by atoms with van der Waals surface area (Å²) in [6.07, 6.45) is 0. The number of nitrogens with one attached hydrogen (secondary N) is 2. The van der Waals surface area contributed by atoms with Crippen LogP contribution in [-0.4, -0.2) is 18.6 Å². The molecule has 0 saturated heterocycles. The number of hydrogen-bond acceptors (Lipinski definition) is 3. The van der Waals surface area contributed by atoms with Gasteiger partial charge in [-0.2, -0.15) is 8.78 Å². The first-order valence-electron chi connectivity index (χ1n) is 6.92. The van der Waals surface area contributed by atoms with Crippen molar-refractivity contribution in [3.63, 3.8) is 0 Å². The fourth-order valence-electron chi connectivity index (χ4n) is 1.88. The second-order valence-electron chi connectivity index (χ2n) is 4.89. The van der Waals surface area contributed by atoms with E-state index in [9.17, 15) is 13.6 Å². The third-order valence-electron chi connectivity index (χ3n) is 3.04. The van der Waals surface area contributed by atoms with E-state index in [1.165, 1.54) is 18.2 Å². The van der Waals surface area contributed by atoms with Gasteiger partial charge in [-0.05, 0) is 72.0 Å². The number of carbonyl (C=O) groups excluding carboxylic acids is 1. The van der Waals surface area contributed by atoms with Gasteiger partial charge in [0.05, 0.1) is 5.02 Å². The highest BCUT2D eigenvalue weighted by molar-refractivity contribution is 14.1. The lowest BCUT2D eigenvalue weighted by Gasteiger charge is -2.16. The van der Waals surface area contributed by atoms with Gasteiger partial charge in [-0.3, -0.25) is 4.79 Å². The maximum atomic E-state index is 12.2. The molecule has 1 amide bonds. The van der Waals surface area contributed by atoms with Gasteiger partial charge < -0.3 is 15.4 Å². The number of alkyl halides is 2. The average molecular weight is 467 g/mol. The first kappa shape index (κ1) is 18.7. The molecule has 0 aliphatic carbocycles. The Labute approximate surface area is 156 Å². The van der Waals surface area contributed by atoms with Crippen molar-refractivity contribution >= 4 is 51.5 Å². The van der Waals surface area contributed by atoms with Crippen molar-refractivity contribution in [1.82, 2.24) is 0 Å². The number of rotatable bonds is 6. The van der Waals surface area contributed by atoms with Gasteiger partial charge in [-0.25, -0.2) is 0 Å². The Morgan fingerprint density at radius 3 is 2.38 bits per heavy atom. The van der Waals surface area contributed by atoms with Crippen molar-refractivity contribution in [2.45, 2.75) is 19.6 Å². The van der Waals surface area contributed by atoms with Gasteiger partial charge in [0.15, 0.2) is 0 Å². The molecule has 24 heavy (non-hydrogen) atoms. The highest BCUT2D eigenvalue weighted by Gasteiger charge is 2.14. The summed E-state index contributed by atoms with van der Waals surface area (Å²) in [5.41, 5.74) is 1.21. The number of carbonyl (C=O) groups is 1. The number of ether oxygens (including phenoxy) is 1. The van der Waals surface area contributed by atoms with Gasteiger partial charge in [0.2, 0.25) is 5.91 Å². The molecular weight excluding hydrogens is 453 g/mol. The van der Waals surface area contributed by atoms with E-state index in [-0.39, 0.29) is 16.7 Å². The van der Waals surface area contributed by atoms with Crippen LogP contribution in [-0.2, 0) is 4.79 Å². The molecule has 2 aromatic carbocycles. The quantitative estimate of drug-likeness (QED) is 0.590. The third-order valence-corrected chi connectivity index (χ3v) is 4.05. The standard InChI is InChI=1S/C16H14ClF2IN2O2/c1-9(21-11-4-2-10(20)3-5-11)15(23)22-12-6-7-14(13(17)8-12)24-16(18)19/h2-9,16,21H,1H3,(H,22,23). The number of anilines is 2. The molecule has 0 aromatic heterocycles. The van der Waals surface area contributed by atoms with Crippen molar-refractivity contribution in [3.05, 3.63) is 51.1 Å². The Morgan fingerprint density at radius 2 is 1.79 bits per heavy atom. The van der Waals surface area contributed by atoms with E-state index in [0.29, 0.717) is 5.69 Å². The van der Waals surface area contributed by atoms with Crippen LogP contribution in [0.4, 0.5) is 20.2 Å². The minimum atomic E-state index is -2.96. The molecule has 0 heterocycles. The molecule has 0 fully saturated rings. The molecule has 0 aliphatic rings. The molecule has 0 spiro atoms. The summed E-state index contributed by atoms with van der Waals surface area (Å²) in [5.74, 6) is -0.429. The lowest BCUT2D eigenvalue weighted by atomic mass is 10.2. The molecule has 2 rings (SSSR count). The minimum absolute atomic E-state index is 0.00801. The fraction of sp³-hybridized carbons (Fsp3) is 0.188. The van der Waals surface area contributed by atoms with E-state index < -0.39 is 12.7 Å². The molecule has 0 aliphatic heterocycles. The van der Waals surface area contributed by atoms with E-state index in [4.69, 9.17) is 11.6 Å². The summed E-state index contributed by atoms with van der Waals surface area (Å²) < 4.78 is 29.7. The van der Waals surface area contributed by atoms with Crippen LogP contribution < -0.4 is 15.4 Å². The molecular formula is C16H14ClF2IN2O2. The second kappa shape index (κ2) is 8.48. The Morgan fingerprint density at radius 1 is 1.17 bits per heavy atom. The number of amides is 1. The van der Waals surface area contributed by atoms with E-state index in [2.05, 4.69) is 38.0 Å². The lowest BCUT2D eigenvalue weighted by Crippen LogP contribution is -2.31. The largest absolute Gasteiger partial charge is 0.433 e. The van der Waals surface area contributed by atoms with Crippen LogP contribution in [0.2, 0.25) is 5.02 Å². The molecule has 0 radical (unpaired) electrons. The van der Waals surface area contributed by atoms with Crippen LogP contribution in [0.3, 0.4) is 0 Å². The van der Waals surface area contributed by atoms with Crippen LogP contribution in [0.25, 0.3) is 0 Å². The first-order valence-corrected chi connectivity index (χ1v) is 8.38. The zero-order chi connectivity index (χ0) is 17.7. The highest BCUT2D eigenvalue weighted by atomic mass is 127. The van der Waals surface area contributed by atoms with Crippen molar-refractivity contribution in [1.29, 1.82) is 0 Å². The maximum Gasteiger partial charge on any atom is 0.387 e. The normalized spacial score (nSPS) is 11.9. The molecule has 1 unspecified atom stereocenters. The Bertz CT molecular complexity index is 714. The smallest absolute Gasteiger partial charge is 0.387 e. The van der Waals surface area contributed by atoms with Crippen molar-refractivity contribution in [2.75, 3.05) is 10.6 Å². The fourth-order valence-corrected chi connectivity index (χ4v) is 2.47. The molecule has 2 N–H and O–H groups in total. The van der Waals surface area contributed by atoms with Crippen molar-refractivity contribution in [2.24, 2.45) is 0 Å². The zero-order valence-electron chi connectivity index (χ0n) is 12.5. The predicted molar refractivity (Wildman–Crippen MR) is 99.0 cm³/mol. The van der Waals surface area contributed by atoms with Gasteiger partial charge in [-0.1, -0.05) is 11.6 Å². The number of halogens is 4. The van der Waals surface area contributed by atoms with Gasteiger partial charge in [-0.15, -0.1) is 0 Å². The van der Waals surface area contributed by atoms with Gasteiger partial charge in [0.1, 0.15) is 11.8 Å². The average Bonchev–Trinajstić information content (AvgIpc) is 2.52. The summed E-state index contributed by atoms with van der Waals surface area (Å²) >= 11 is 8.05. The summed E-state index contributed by atoms with van der Waals surface area (Å²) in [5, 5.41) is 5.73. The lowest BCUT2D eigenvalue weighted by molar-refractivity contribution is -0.116. The van der Waals surface area contributed by atoms with E-state index >= 15 is 0 Å². The highest BCUT2D eigenvalue weighted by Crippen LogP contribution is 2.29. The molecule has 2 aromatic rings. The summed E-state index contributed by atoms with van der Waals surface area (Å²) in [7, 11) is 0. The van der Waals surface area contributed by atoms with Crippen LogP contribution in [0.1, 0.15) is 6.92 Å². The van der Waals surface area contributed by atoms with Gasteiger partial charge in [0.25, 0.3) is 0 Å². The number of benzene rings is 2. The Kier molecular flexibility index (Phi) is 6.61. The SMILES string of the molecule is CC(Nc1ccc(I)cc1)C(=O)Nc1ccc(OC(F)F)c(Cl)c1. The van der Waals surface area contributed by atoms with Gasteiger partial charge in [0, 0.05) is 14.9 Å². The van der Waals surface area contributed by atoms with Crippen LogP contribution in [0.15, 0.2) is 42.5 Å². The van der Waals surface area contributed by atoms with E-state index in [1.807, 2.05) is 24.3 Å². The summed E-state index contributed by atoms with van der Waals surface area (Å²) in [4.78, 5) is 12.2. The van der Waals surface area contributed by atoms with Gasteiger partial charge >= 0.3 is 6.61 Å². The molecule has 0 bridgehead atoms. The van der Waals surface area contributed by atoms with Crippen LogP contribution in [0, 0.1) is 3.57 Å². The van der Waals surface area contributed by atoms with E-state index in [1.54, 1.807) is 6.92 Å². The minimum Gasteiger partial charge on any atom is -0.433 e. The molecule has 1 atom stereocenters. The zero-order valence-corrected chi connectivity index (χ0v) is 15.4. The third kappa shape index (κ3) is 5.48. The van der Waals surface area contributed by atoms with Crippen molar-refractivity contribution in [3.8, 4) is 5.75 Å². The van der Waals surface area contributed by atoms with E-state index in [0.717, 1.165) is 9.26 Å².